The van der Waals surface area contributed by atoms with Gasteiger partial charge in [-0.2, -0.15) is 0 Å². The first-order chi connectivity index (χ1) is 13.1. The zero-order chi connectivity index (χ0) is 19.0. The number of aromatic nitrogens is 2. The van der Waals surface area contributed by atoms with Gasteiger partial charge in [0.05, 0.1) is 23.2 Å². The van der Waals surface area contributed by atoms with Gasteiger partial charge in [-0.3, -0.25) is 9.20 Å². The van der Waals surface area contributed by atoms with Crippen LogP contribution in [-0.2, 0) is 11.2 Å². The number of carbonyl (C=O) groups is 1. The van der Waals surface area contributed by atoms with Crippen LogP contribution in [0.2, 0.25) is 0 Å². The highest BCUT2D eigenvalue weighted by Gasteiger charge is 2.26. The molecule has 2 aromatic carbocycles. The number of ether oxygens (including phenoxy) is 1. The van der Waals surface area contributed by atoms with E-state index in [1.807, 2.05) is 48.5 Å². The van der Waals surface area contributed by atoms with Crippen molar-refractivity contribution in [1.29, 1.82) is 0 Å². The van der Waals surface area contributed by atoms with Crippen molar-refractivity contribution in [2.75, 3.05) is 6.61 Å². The number of hydrogen-bond donors (Lipinski definition) is 2. The summed E-state index contributed by atoms with van der Waals surface area (Å²) in [7, 11) is 0. The number of hydrogen-bond acceptors (Lipinski definition) is 4. The fourth-order valence-electron chi connectivity index (χ4n) is 3.32. The molecule has 2 N–H and O–H groups in total. The zero-order valence-electron chi connectivity index (χ0n) is 14.7. The van der Waals surface area contributed by atoms with Gasteiger partial charge in [-0.05, 0) is 24.6 Å². The second-order valence-corrected chi connectivity index (χ2v) is 6.22. The number of pyridine rings is 1. The topological polar surface area (TPSA) is 83.8 Å². The molecule has 0 fully saturated rings. The number of benzene rings is 2. The molecule has 4 aromatic rings. The Labute approximate surface area is 154 Å². The van der Waals surface area contributed by atoms with Crippen LogP contribution in [0, 0.1) is 0 Å². The molecule has 4 rings (SSSR count). The molecule has 0 atom stereocenters. The molecule has 0 saturated carbocycles. The summed E-state index contributed by atoms with van der Waals surface area (Å²) in [4.78, 5) is 28.8. The molecule has 6 heteroatoms. The standard InChI is InChI=1S/C21H18N2O4/c1-2-27-21(26)17-18(24)14(12-13-8-4-3-5-9-13)20(25)23-16-11-7-6-10-15(16)22-19(17)23/h3-11,22,24H,2,12H2,1H3. The van der Waals surface area contributed by atoms with E-state index >= 15 is 0 Å². The van der Waals surface area contributed by atoms with Crippen LogP contribution in [0.5, 0.6) is 5.75 Å². The molecule has 0 aliphatic heterocycles. The summed E-state index contributed by atoms with van der Waals surface area (Å²) in [6.45, 7) is 1.86. The van der Waals surface area contributed by atoms with E-state index in [-0.39, 0.29) is 41.1 Å². The van der Waals surface area contributed by atoms with E-state index in [2.05, 4.69) is 4.98 Å². The number of esters is 1. The van der Waals surface area contributed by atoms with Gasteiger partial charge in [-0.15, -0.1) is 0 Å². The van der Waals surface area contributed by atoms with Gasteiger partial charge < -0.3 is 14.8 Å². The molecule has 0 radical (unpaired) electrons. The molecule has 27 heavy (non-hydrogen) atoms. The van der Waals surface area contributed by atoms with E-state index in [1.165, 1.54) is 4.40 Å². The Kier molecular flexibility index (Phi) is 4.16. The third-order valence-corrected chi connectivity index (χ3v) is 4.55. The van der Waals surface area contributed by atoms with Crippen LogP contribution in [-0.4, -0.2) is 27.1 Å². The Morgan fingerprint density at radius 3 is 2.56 bits per heavy atom. The molecule has 0 bridgehead atoms. The summed E-state index contributed by atoms with van der Waals surface area (Å²) < 4.78 is 6.55. The highest BCUT2D eigenvalue weighted by Crippen LogP contribution is 2.29. The lowest BCUT2D eigenvalue weighted by Gasteiger charge is -2.11. The summed E-state index contributed by atoms with van der Waals surface area (Å²) >= 11 is 0. The minimum absolute atomic E-state index is 0.0291. The lowest BCUT2D eigenvalue weighted by atomic mass is 10.0. The number of imidazole rings is 1. The monoisotopic (exact) mass is 362 g/mol. The quantitative estimate of drug-likeness (QED) is 0.546. The predicted octanol–water partition coefficient (Wildman–Crippen LogP) is 3.25. The number of fused-ring (bicyclic) bond motifs is 3. The van der Waals surface area contributed by atoms with E-state index in [0.717, 1.165) is 5.56 Å². The van der Waals surface area contributed by atoms with Crippen molar-refractivity contribution in [3.8, 4) is 5.75 Å². The van der Waals surface area contributed by atoms with Crippen LogP contribution in [0.1, 0.15) is 28.4 Å². The molecule has 2 aromatic heterocycles. The van der Waals surface area contributed by atoms with Gasteiger partial charge in [0, 0.05) is 6.42 Å². The van der Waals surface area contributed by atoms with Crippen molar-refractivity contribution in [2.45, 2.75) is 13.3 Å². The normalized spacial score (nSPS) is 11.1. The van der Waals surface area contributed by atoms with Crippen LogP contribution in [0.4, 0.5) is 0 Å². The predicted molar refractivity (Wildman–Crippen MR) is 102 cm³/mol. The molecule has 0 saturated heterocycles. The Morgan fingerprint density at radius 2 is 1.81 bits per heavy atom. The number of aromatic amines is 1. The first kappa shape index (κ1) is 16.9. The minimum atomic E-state index is -0.673. The van der Waals surface area contributed by atoms with Crippen LogP contribution in [0.3, 0.4) is 0 Å². The van der Waals surface area contributed by atoms with Gasteiger partial charge in [0.1, 0.15) is 17.0 Å². The summed E-state index contributed by atoms with van der Waals surface area (Å²) in [6.07, 6.45) is 0.209. The summed E-state index contributed by atoms with van der Waals surface area (Å²) in [5, 5.41) is 10.8. The van der Waals surface area contributed by atoms with Crippen LogP contribution in [0.25, 0.3) is 16.7 Å². The van der Waals surface area contributed by atoms with Crippen LogP contribution >= 0.6 is 0 Å². The highest BCUT2D eigenvalue weighted by atomic mass is 16.5. The van der Waals surface area contributed by atoms with Crippen molar-refractivity contribution in [3.05, 3.63) is 81.6 Å². The number of H-pyrrole nitrogens is 1. The summed E-state index contributed by atoms with van der Waals surface area (Å²) in [5.41, 5.74) is 2.18. The minimum Gasteiger partial charge on any atom is -0.506 e. The van der Waals surface area contributed by atoms with Gasteiger partial charge in [0.2, 0.25) is 0 Å². The third-order valence-electron chi connectivity index (χ3n) is 4.55. The van der Waals surface area contributed by atoms with E-state index in [0.29, 0.717) is 11.0 Å². The Hall–Kier alpha value is -3.54. The number of carbonyl (C=O) groups excluding carboxylic acids is 1. The SMILES string of the molecule is CCOC(=O)c1c(O)c(Cc2ccccc2)c(=O)n2c1[nH]c1ccccc12. The molecule has 0 unspecified atom stereocenters. The van der Waals surface area contributed by atoms with E-state index in [9.17, 15) is 14.7 Å². The van der Waals surface area contributed by atoms with Crippen molar-refractivity contribution < 1.29 is 14.6 Å². The number of aromatic hydroxyl groups is 1. The number of nitrogens with one attached hydrogen (secondary N) is 1. The molecular weight excluding hydrogens is 344 g/mol. The smallest absolute Gasteiger partial charge is 0.345 e. The molecule has 0 aliphatic rings. The first-order valence-electron chi connectivity index (χ1n) is 8.70. The van der Waals surface area contributed by atoms with E-state index < -0.39 is 5.97 Å². The lowest BCUT2D eigenvalue weighted by Crippen LogP contribution is -2.22. The average molecular weight is 362 g/mol. The molecule has 0 aliphatic carbocycles. The Bertz CT molecular complexity index is 1210. The largest absolute Gasteiger partial charge is 0.506 e. The second kappa shape index (κ2) is 6.64. The Morgan fingerprint density at radius 1 is 1.11 bits per heavy atom. The molecule has 6 nitrogen and oxygen atoms in total. The molecular formula is C21H18N2O4. The fourth-order valence-corrected chi connectivity index (χ4v) is 3.32. The zero-order valence-corrected chi connectivity index (χ0v) is 14.7. The maximum atomic E-state index is 13.2. The van der Waals surface area contributed by atoms with Gasteiger partial charge in [0.25, 0.3) is 5.56 Å². The van der Waals surface area contributed by atoms with Crippen LogP contribution in [0.15, 0.2) is 59.4 Å². The van der Waals surface area contributed by atoms with Gasteiger partial charge in [0.15, 0.2) is 0 Å². The van der Waals surface area contributed by atoms with Gasteiger partial charge in [-0.1, -0.05) is 42.5 Å². The second-order valence-electron chi connectivity index (χ2n) is 6.22. The van der Waals surface area contributed by atoms with Crippen molar-refractivity contribution >= 4 is 22.6 Å². The average Bonchev–Trinajstić information content (AvgIpc) is 3.05. The molecule has 0 spiro atoms. The van der Waals surface area contributed by atoms with Gasteiger partial charge in [-0.25, -0.2) is 4.79 Å². The fraction of sp³-hybridized carbons (Fsp3) is 0.143. The summed E-state index contributed by atoms with van der Waals surface area (Å²) in [6, 6.07) is 16.6. The van der Waals surface area contributed by atoms with Crippen molar-refractivity contribution in [2.24, 2.45) is 0 Å². The Balaban J connectivity index is 2.07. The first-order valence-corrected chi connectivity index (χ1v) is 8.70. The van der Waals surface area contributed by atoms with Crippen molar-refractivity contribution in [1.82, 2.24) is 9.38 Å². The van der Waals surface area contributed by atoms with Gasteiger partial charge >= 0.3 is 5.97 Å². The number of para-hydroxylation sites is 2. The molecule has 2 heterocycles. The maximum Gasteiger partial charge on any atom is 0.345 e. The lowest BCUT2D eigenvalue weighted by molar-refractivity contribution is 0.0524. The number of nitrogens with zero attached hydrogens (tertiary/aromatic N) is 1. The highest BCUT2D eigenvalue weighted by molar-refractivity contribution is 6.01. The maximum absolute atomic E-state index is 13.2. The third kappa shape index (κ3) is 2.75. The molecule has 136 valence electrons. The van der Waals surface area contributed by atoms with Crippen molar-refractivity contribution in [3.63, 3.8) is 0 Å². The van der Waals surface area contributed by atoms with Crippen LogP contribution < -0.4 is 5.56 Å². The molecule has 0 amide bonds. The van der Waals surface area contributed by atoms with E-state index in [4.69, 9.17) is 4.74 Å². The number of rotatable bonds is 4. The van der Waals surface area contributed by atoms with E-state index in [1.54, 1.807) is 13.0 Å². The summed E-state index contributed by atoms with van der Waals surface area (Å²) in [5.74, 6) is -1.01.